The van der Waals surface area contributed by atoms with Gasteiger partial charge in [0.05, 0.1) is 41.2 Å². The molecule has 230 valence electrons. The molecule has 0 aliphatic carbocycles. The molecular formula is C29H32ClF3N6O3S. The van der Waals surface area contributed by atoms with Crippen LogP contribution in [0.5, 0.6) is 0 Å². The molecule has 14 heteroatoms. The first-order valence-electron chi connectivity index (χ1n) is 14.2. The fraction of sp³-hybridized carbons (Fsp3) is 0.483. The molecule has 2 aliphatic rings. The molecule has 1 atom stereocenters. The van der Waals surface area contributed by atoms with Gasteiger partial charge in [0.1, 0.15) is 11.5 Å². The summed E-state index contributed by atoms with van der Waals surface area (Å²) in [5.74, 6) is -0.251. The van der Waals surface area contributed by atoms with Crippen molar-refractivity contribution in [1.29, 1.82) is 0 Å². The number of rotatable bonds is 8. The van der Waals surface area contributed by atoms with Crippen LogP contribution in [0.25, 0.3) is 11.3 Å². The minimum absolute atomic E-state index is 0.0717. The predicted octanol–water partition coefficient (Wildman–Crippen LogP) is 6.29. The summed E-state index contributed by atoms with van der Waals surface area (Å²) < 4.78 is 46.0. The number of nitrogens with zero attached hydrogens (tertiary/aromatic N) is 5. The zero-order valence-corrected chi connectivity index (χ0v) is 25.4. The Hall–Kier alpha value is -3.29. The van der Waals surface area contributed by atoms with Crippen LogP contribution in [0.3, 0.4) is 0 Å². The molecule has 9 nitrogen and oxygen atoms in total. The minimum atomic E-state index is -4.62. The van der Waals surface area contributed by atoms with Crippen LogP contribution < -0.4 is 10.2 Å². The first-order chi connectivity index (χ1) is 20.5. The average Bonchev–Trinajstić information content (AvgIpc) is 3.58. The Morgan fingerprint density at radius 3 is 2.53 bits per heavy atom. The summed E-state index contributed by atoms with van der Waals surface area (Å²) in [6.45, 7) is 6.86. The van der Waals surface area contributed by atoms with Crippen LogP contribution in [0.1, 0.15) is 60.5 Å². The van der Waals surface area contributed by atoms with Crippen molar-refractivity contribution in [3.63, 3.8) is 0 Å². The fourth-order valence-electron chi connectivity index (χ4n) is 5.41. The maximum Gasteiger partial charge on any atom is 0.417 e. The van der Waals surface area contributed by atoms with Crippen molar-refractivity contribution in [2.45, 2.75) is 58.3 Å². The Morgan fingerprint density at radius 2 is 1.91 bits per heavy atom. The summed E-state index contributed by atoms with van der Waals surface area (Å²) in [6, 6.07) is 4.05. The molecule has 2 aromatic heterocycles. The van der Waals surface area contributed by atoms with Crippen LogP contribution in [0.2, 0.25) is 5.02 Å². The van der Waals surface area contributed by atoms with Gasteiger partial charge < -0.3 is 9.64 Å². The van der Waals surface area contributed by atoms with Gasteiger partial charge >= 0.3 is 12.1 Å². The minimum Gasteiger partial charge on any atom is -0.466 e. The van der Waals surface area contributed by atoms with E-state index in [-0.39, 0.29) is 33.3 Å². The summed E-state index contributed by atoms with van der Waals surface area (Å²) in [7, 11) is 0. The maximum absolute atomic E-state index is 13.6. The van der Waals surface area contributed by atoms with Gasteiger partial charge in [-0.1, -0.05) is 29.0 Å². The van der Waals surface area contributed by atoms with Gasteiger partial charge in [0, 0.05) is 36.1 Å². The van der Waals surface area contributed by atoms with Crippen molar-refractivity contribution in [2.24, 2.45) is 5.92 Å². The first-order valence-corrected chi connectivity index (χ1v) is 15.4. The SMILES string of the molecule is CCOC(=O)C1CCN(c2cnc(C(=O)Nc3nc(-c4ccc(Cl)c(C(F)(F)F)c4)c(CN4CCC[C@H]4C)s3)cn2)CC1. The number of esters is 1. The number of nitrogens with one attached hydrogen (secondary N) is 1. The van der Waals surface area contributed by atoms with Crippen LogP contribution in [-0.2, 0) is 22.3 Å². The molecule has 0 spiro atoms. The predicted molar refractivity (Wildman–Crippen MR) is 158 cm³/mol. The molecule has 2 aliphatic heterocycles. The van der Waals surface area contributed by atoms with E-state index in [9.17, 15) is 22.8 Å². The molecule has 0 bridgehead atoms. The Kier molecular flexibility index (Phi) is 9.52. The van der Waals surface area contributed by atoms with Gasteiger partial charge in [0.15, 0.2) is 5.13 Å². The fourth-order valence-corrected chi connectivity index (χ4v) is 6.64. The number of amides is 1. The highest BCUT2D eigenvalue weighted by molar-refractivity contribution is 7.16. The molecule has 1 aromatic carbocycles. The quantitative estimate of drug-likeness (QED) is 0.288. The van der Waals surface area contributed by atoms with E-state index in [1.54, 1.807) is 6.92 Å². The molecule has 1 amide bonds. The lowest BCUT2D eigenvalue weighted by Gasteiger charge is -2.31. The lowest BCUT2D eigenvalue weighted by Crippen LogP contribution is -2.37. The standard InChI is InChI=1S/C29H32ClF3N6O3S/c1-3-42-27(41)18-8-11-38(12-9-18)24-15-34-22(14-35-24)26(40)37-28-36-25(23(43-28)16-39-10-4-5-17(39)2)19-6-7-21(30)20(13-19)29(31,32)33/h6-7,13-15,17-18H,3-5,8-12,16H2,1-2H3,(H,36,37,40)/t17-/m1/s1. The number of ether oxygens (including phenoxy) is 1. The number of aromatic nitrogens is 3. The van der Waals surface area contributed by atoms with Crippen LogP contribution >= 0.6 is 22.9 Å². The van der Waals surface area contributed by atoms with Crippen molar-refractivity contribution in [3.8, 4) is 11.3 Å². The van der Waals surface area contributed by atoms with E-state index in [4.69, 9.17) is 16.3 Å². The van der Waals surface area contributed by atoms with Gasteiger partial charge in [0.2, 0.25) is 0 Å². The Labute approximate surface area is 256 Å². The highest BCUT2D eigenvalue weighted by atomic mass is 35.5. The van der Waals surface area contributed by atoms with Crippen molar-refractivity contribution >= 4 is 45.8 Å². The van der Waals surface area contributed by atoms with E-state index in [0.29, 0.717) is 56.6 Å². The largest absolute Gasteiger partial charge is 0.466 e. The number of anilines is 2. The number of benzene rings is 1. The van der Waals surface area contributed by atoms with Gasteiger partial charge in [-0.05, 0) is 58.2 Å². The van der Waals surface area contributed by atoms with Gasteiger partial charge in [0.25, 0.3) is 5.91 Å². The van der Waals surface area contributed by atoms with E-state index in [1.165, 1.54) is 35.9 Å². The Bertz CT molecular complexity index is 1460. The van der Waals surface area contributed by atoms with Crippen molar-refractivity contribution in [3.05, 3.63) is 51.7 Å². The molecule has 3 aromatic rings. The molecule has 2 fully saturated rings. The van der Waals surface area contributed by atoms with Crippen LogP contribution in [-0.4, -0.2) is 64.0 Å². The zero-order chi connectivity index (χ0) is 30.7. The van der Waals surface area contributed by atoms with Crippen molar-refractivity contribution in [2.75, 3.05) is 36.5 Å². The number of piperidine rings is 1. The topological polar surface area (TPSA) is 101 Å². The Morgan fingerprint density at radius 1 is 1.14 bits per heavy atom. The van der Waals surface area contributed by atoms with E-state index < -0.39 is 17.6 Å². The number of alkyl halides is 3. The number of hydrogen-bond donors (Lipinski definition) is 1. The molecule has 1 N–H and O–H groups in total. The molecule has 43 heavy (non-hydrogen) atoms. The normalized spacial score (nSPS) is 18.2. The number of halogens is 4. The van der Waals surface area contributed by atoms with Crippen LogP contribution in [0.15, 0.2) is 30.6 Å². The molecule has 5 rings (SSSR count). The smallest absolute Gasteiger partial charge is 0.417 e. The second-order valence-corrected chi connectivity index (χ2v) is 12.2. The lowest BCUT2D eigenvalue weighted by molar-refractivity contribution is -0.148. The van der Waals surface area contributed by atoms with Gasteiger partial charge in [-0.3, -0.25) is 19.8 Å². The molecule has 0 saturated carbocycles. The number of carbonyl (C=O) groups excluding carboxylic acids is 2. The van der Waals surface area contributed by atoms with E-state index in [2.05, 4.69) is 32.1 Å². The monoisotopic (exact) mass is 636 g/mol. The highest BCUT2D eigenvalue weighted by Crippen LogP contribution is 2.40. The Balaban J connectivity index is 1.32. The summed E-state index contributed by atoms with van der Waals surface area (Å²) in [5, 5.41) is 2.60. The van der Waals surface area contributed by atoms with Gasteiger partial charge in [-0.2, -0.15) is 13.2 Å². The van der Waals surface area contributed by atoms with E-state index in [0.717, 1.165) is 30.3 Å². The number of likely N-dealkylation sites (tertiary alicyclic amines) is 1. The molecule has 0 unspecified atom stereocenters. The summed E-state index contributed by atoms with van der Waals surface area (Å²) >= 11 is 7.08. The summed E-state index contributed by atoms with van der Waals surface area (Å²) in [6.07, 6.45) is 1.63. The van der Waals surface area contributed by atoms with Crippen molar-refractivity contribution in [1.82, 2.24) is 19.9 Å². The third kappa shape index (κ3) is 7.27. The summed E-state index contributed by atoms with van der Waals surface area (Å²) in [5.41, 5.74) is -0.228. The van der Waals surface area contributed by atoms with Crippen LogP contribution in [0.4, 0.5) is 24.1 Å². The third-order valence-electron chi connectivity index (χ3n) is 7.81. The second kappa shape index (κ2) is 13.1. The maximum atomic E-state index is 13.6. The second-order valence-electron chi connectivity index (χ2n) is 10.7. The molecule has 2 saturated heterocycles. The highest BCUT2D eigenvalue weighted by Gasteiger charge is 2.34. The average molecular weight is 637 g/mol. The molecule has 4 heterocycles. The van der Waals surface area contributed by atoms with Crippen LogP contribution in [0, 0.1) is 5.92 Å². The third-order valence-corrected chi connectivity index (χ3v) is 9.10. The zero-order valence-electron chi connectivity index (χ0n) is 23.8. The summed E-state index contributed by atoms with van der Waals surface area (Å²) in [4.78, 5) is 43.3. The van der Waals surface area contributed by atoms with E-state index in [1.807, 2.05) is 4.90 Å². The lowest BCUT2D eigenvalue weighted by atomic mass is 9.97. The van der Waals surface area contributed by atoms with Gasteiger partial charge in [-0.25, -0.2) is 15.0 Å². The van der Waals surface area contributed by atoms with Gasteiger partial charge in [-0.15, -0.1) is 0 Å². The number of hydrogen-bond acceptors (Lipinski definition) is 9. The number of carbonyl (C=O) groups is 2. The molecular weight excluding hydrogens is 605 g/mol. The van der Waals surface area contributed by atoms with E-state index >= 15 is 0 Å². The molecule has 0 radical (unpaired) electrons. The first kappa shape index (κ1) is 31.1. The number of thiazole rings is 1. The van der Waals surface area contributed by atoms with Crippen molar-refractivity contribution < 1.29 is 27.5 Å².